The van der Waals surface area contributed by atoms with Crippen LogP contribution in [0.2, 0.25) is 0 Å². The van der Waals surface area contributed by atoms with E-state index in [4.69, 9.17) is 9.47 Å². The zero-order chi connectivity index (χ0) is 32.4. The second-order valence-corrected chi connectivity index (χ2v) is 13.6. The van der Waals surface area contributed by atoms with Gasteiger partial charge >= 0.3 is 18.2 Å². The van der Waals surface area contributed by atoms with E-state index in [2.05, 4.69) is 10.6 Å². The number of aliphatic carboxylic acids is 1. The molecular formula is C33H44N4O8. The standard InChI is InChI=1S/C33H44N4O8/c1-32(2,3)45-30(42)34-25-15-11-6-4-5-10-14-23-16-33(23,29(40)41)35-27(38)26-24-19-36(17-22(24)18-37(26)28(25)39)31(43)44-20-21-12-8-7-9-13-21/h7-10,12-14,22-26H,4-6,11,15-20H2,1-3H3,(H,34,42)(H,35,38)(H,40,41)/b14-10-/t22-,23-,24-,25+,26-,33+/m0/s1. The van der Waals surface area contributed by atoms with Crippen molar-refractivity contribution in [2.75, 3.05) is 19.6 Å². The third-order valence-electron chi connectivity index (χ3n) is 9.14. The van der Waals surface area contributed by atoms with E-state index in [1.54, 1.807) is 25.7 Å². The molecule has 45 heavy (non-hydrogen) atoms. The third kappa shape index (κ3) is 7.42. The molecule has 2 saturated heterocycles. The number of rotatable bonds is 4. The van der Waals surface area contributed by atoms with Crippen molar-refractivity contribution in [1.29, 1.82) is 0 Å². The Morgan fingerprint density at radius 3 is 2.53 bits per heavy atom. The number of nitrogens with one attached hydrogen (secondary N) is 2. The molecule has 1 aromatic rings. The van der Waals surface area contributed by atoms with Crippen LogP contribution < -0.4 is 10.6 Å². The fourth-order valence-electron chi connectivity index (χ4n) is 6.78. The lowest BCUT2D eigenvalue weighted by Crippen LogP contribution is -2.58. The number of amides is 4. The average Bonchev–Trinajstić information content (AvgIpc) is 3.33. The first-order chi connectivity index (χ1) is 21.4. The highest BCUT2D eigenvalue weighted by Crippen LogP contribution is 2.46. The van der Waals surface area contributed by atoms with Crippen molar-refractivity contribution in [3.8, 4) is 0 Å². The Bertz CT molecular complexity index is 1330. The number of hydrogen-bond donors (Lipinski definition) is 3. The van der Waals surface area contributed by atoms with Gasteiger partial charge in [0.15, 0.2) is 0 Å². The minimum Gasteiger partial charge on any atom is -0.479 e. The van der Waals surface area contributed by atoms with Gasteiger partial charge in [-0.25, -0.2) is 14.4 Å². The number of nitrogens with zero attached hydrogens (tertiary/aromatic N) is 2. The summed E-state index contributed by atoms with van der Waals surface area (Å²) in [5.74, 6) is -3.12. The summed E-state index contributed by atoms with van der Waals surface area (Å²) in [5, 5.41) is 15.7. The van der Waals surface area contributed by atoms with Crippen molar-refractivity contribution in [3.63, 3.8) is 0 Å². The topological polar surface area (TPSA) is 155 Å². The lowest BCUT2D eigenvalue weighted by Gasteiger charge is -2.32. The lowest BCUT2D eigenvalue weighted by atomic mass is 9.93. The molecule has 4 aliphatic rings. The number of likely N-dealkylation sites (tertiary alicyclic amines) is 1. The SMILES string of the molecule is CC(C)(C)OC(=O)N[C@@H]1CCCCC/C=C\[C@H]2C[C@@]2(C(=O)O)NC(=O)[C@@H]2[C@H]3CN(C(=O)OCc4ccccc4)C[C@H]3CN2C1=O. The van der Waals surface area contributed by atoms with Crippen molar-refractivity contribution in [2.45, 2.75) is 89.1 Å². The monoisotopic (exact) mass is 624 g/mol. The highest BCUT2D eigenvalue weighted by molar-refractivity contribution is 5.96. The van der Waals surface area contributed by atoms with Crippen LogP contribution in [0.25, 0.3) is 0 Å². The van der Waals surface area contributed by atoms with Crippen LogP contribution in [0.1, 0.15) is 64.9 Å². The van der Waals surface area contributed by atoms with Gasteiger partial charge in [-0.1, -0.05) is 55.3 Å². The molecule has 5 rings (SSSR count). The Labute approximate surface area is 263 Å². The van der Waals surface area contributed by atoms with Gasteiger partial charge in [0.1, 0.15) is 29.8 Å². The average molecular weight is 625 g/mol. The molecule has 3 aliphatic heterocycles. The number of fused-ring (bicyclic) bond motifs is 4. The Kier molecular flexibility index (Phi) is 9.41. The molecule has 0 spiro atoms. The Hall–Kier alpha value is -4.09. The maximum absolute atomic E-state index is 14.2. The van der Waals surface area contributed by atoms with Crippen LogP contribution in [0.3, 0.4) is 0 Å². The van der Waals surface area contributed by atoms with Crippen LogP contribution >= 0.6 is 0 Å². The molecule has 3 N–H and O–H groups in total. The molecule has 0 aromatic heterocycles. The molecule has 3 heterocycles. The number of carbonyl (C=O) groups is 5. The van der Waals surface area contributed by atoms with Gasteiger partial charge in [-0.05, 0) is 52.0 Å². The highest BCUT2D eigenvalue weighted by atomic mass is 16.6. The Balaban J connectivity index is 1.38. The van der Waals surface area contributed by atoms with Crippen molar-refractivity contribution in [3.05, 3.63) is 48.0 Å². The number of allylic oxidation sites excluding steroid dienone is 1. The third-order valence-corrected chi connectivity index (χ3v) is 9.14. The summed E-state index contributed by atoms with van der Waals surface area (Å²) in [6.45, 7) is 5.95. The molecule has 1 aliphatic carbocycles. The van der Waals surface area contributed by atoms with E-state index in [0.29, 0.717) is 12.8 Å². The van der Waals surface area contributed by atoms with Gasteiger partial charge in [0.05, 0.1) is 0 Å². The second-order valence-electron chi connectivity index (χ2n) is 13.6. The normalized spacial score (nSPS) is 30.9. The zero-order valence-corrected chi connectivity index (χ0v) is 26.2. The minimum absolute atomic E-state index is 0.105. The summed E-state index contributed by atoms with van der Waals surface area (Å²) in [6, 6.07) is 7.36. The largest absolute Gasteiger partial charge is 0.479 e. The van der Waals surface area contributed by atoms with Crippen LogP contribution in [-0.2, 0) is 30.5 Å². The minimum atomic E-state index is -1.44. The van der Waals surface area contributed by atoms with Crippen molar-refractivity contribution >= 4 is 30.0 Å². The summed E-state index contributed by atoms with van der Waals surface area (Å²) < 4.78 is 11.0. The van der Waals surface area contributed by atoms with Gasteiger partial charge in [0.2, 0.25) is 11.8 Å². The molecule has 0 bridgehead atoms. The van der Waals surface area contributed by atoms with E-state index in [0.717, 1.165) is 24.8 Å². The van der Waals surface area contributed by atoms with Gasteiger partial charge in [-0.2, -0.15) is 0 Å². The Morgan fingerprint density at radius 2 is 1.82 bits per heavy atom. The highest BCUT2D eigenvalue weighted by Gasteiger charge is 2.62. The van der Waals surface area contributed by atoms with Crippen molar-refractivity contribution in [1.82, 2.24) is 20.4 Å². The zero-order valence-electron chi connectivity index (χ0n) is 26.2. The molecule has 244 valence electrons. The maximum Gasteiger partial charge on any atom is 0.410 e. The molecule has 1 saturated carbocycles. The number of benzene rings is 1. The van der Waals surface area contributed by atoms with Crippen LogP contribution in [0.15, 0.2) is 42.5 Å². The lowest BCUT2D eigenvalue weighted by molar-refractivity contribution is -0.146. The van der Waals surface area contributed by atoms with Gasteiger partial charge < -0.3 is 35.0 Å². The second kappa shape index (κ2) is 13.1. The number of carboxylic acids is 1. The van der Waals surface area contributed by atoms with E-state index in [1.165, 1.54) is 4.90 Å². The first-order valence-electron chi connectivity index (χ1n) is 15.9. The molecule has 4 amide bonds. The molecule has 0 radical (unpaired) electrons. The van der Waals surface area contributed by atoms with E-state index >= 15 is 0 Å². The van der Waals surface area contributed by atoms with E-state index in [-0.39, 0.29) is 44.5 Å². The smallest absolute Gasteiger partial charge is 0.410 e. The fraction of sp³-hybridized carbons (Fsp3) is 0.606. The summed E-state index contributed by atoms with van der Waals surface area (Å²) >= 11 is 0. The van der Waals surface area contributed by atoms with E-state index < -0.39 is 59.1 Å². The maximum atomic E-state index is 14.2. The van der Waals surface area contributed by atoms with Crippen molar-refractivity contribution < 1.29 is 38.6 Å². The van der Waals surface area contributed by atoms with Crippen molar-refractivity contribution in [2.24, 2.45) is 17.8 Å². The number of alkyl carbamates (subject to hydrolysis) is 1. The van der Waals surface area contributed by atoms with Gasteiger partial charge in [0, 0.05) is 37.4 Å². The summed E-state index contributed by atoms with van der Waals surface area (Å²) in [5.41, 5.74) is -1.36. The molecule has 12 nitrogen and oxygen atoms in total. The van der Waals surface area contributed by atoms with Gasteiger partial charge in [-0.3, -0.25) is 9.59 Å². The van der Waals surface area contributed by atoms with Crippen LogP contribution in [0.5, 0.6) is 0 Å². The van der Waals surface area contributed by atoms with E-state index in [1.807, 2.05) is 42.5 Å². The Morgan fingerprint density at radius 1 is 1.07 bits per heavy atom. The number of hydrogen-bond acceptors (Lipinski definition) is 7. The van der Waals surface area contributed by atoms with Crippen LogP contribution in [-0.4, -0.2) is 87.7 Å². The quantitative estimate of drug-likeness (QED) is 0.431. The number of carbonyl (C=O) groups excluding carboxylic acids is 4. The predicted molar refractivity (Wildman–Crippen MR) is 163 cm³/mol. The summed E-state index contributed by atoms with van der Waals surface area (Å²) in [7, 11) is 0. The molecular weight excluding hydrogens is 580 g/mol. The molecule has 1 aromatic carbocycles. The first-order valence-corrected chi connectivity index (χ1v) is 15.9. The summed E-state index contributed by atoms with van der Waals surface area (Å²) in [6.07, 6.45) is 6.27. The van der Waals surface area contributed by atoms with Gasteiger partial charge in [-0.15, -0.1) is 0 Å². The number of carboxylic acid groups (broad SMARTS) is 1. The fourth-order valence-corrected chi connectivity index (χ4v) is 6.78. The van der Waals surface area contributed by atoms with Crippen LogP contribution in [0.4, 0.5) is 9.59 Å². The predicted octanol–water partition coefficient (Wildman–Crippen LogP) is 3.46. The molecule has 3 fully saturated rings. The first kappa shape index (κ1) is 32.3. The number of ether oxygens (including phenoxy) is 2. The summed E-state index contributed by atoms with van der Waals surface area (Å²) in [4.78, 5) is 69.4. The molecule has 0 unspecified atom stereocenters. The van der Waals surface area contributed by atoms with Gasteiger partial charge in [0.25, 0.3) is 0 Å². The van der Waals surface area contributed by atoms with Crippen LogP contribution in [0, 0.1) is 17.8 Å². The molecule has 6 atom stereocenters. The molecule has 12 heteroatoms. The van der Waals surface area contributed by atoms with E-state index in [9.17, 15) is 29.1 Å².